The maximum atomic E-state index is 13.2. The molecule has 0 atom stereocenters. The molecule has 8 nitrogen and oxygen atoms in total. The standard InChI is InChI=1S/C25H29ClN6O2/c1-31-10-12-32(13-11-31)25(34)16-6-8-17(9-7-16)30-24-21-19(14-27-23(21)28-15-29-24)22(33)18-4-2-3-5-20(18)26/h2-5,14-17H,6-13H2,1H3,(H2,27,28,29,30)/t16-,17+. The average Bonchev–Trinajstić information content (AvgIpc) is 3.30. The molecule has 0 radical (unpaired) electrons. The summed E-state index contributed by atoms with van der Waals surface area (Å²) in [5.41, 5.74) is 1.54. The number of likely N-dealkylation sites (N-methyl/N-ethyl adjacent to an activating group) is 1. The van der Waals surface area contributed by atoms with Crippen molar-refractivity contribution >= 4 is 40.1 Å². The van der Waals surface area contributed by atoms with Crippen LogP contribution in [-0.4, -0.2) is 75.7 Å². The Morgan fingerprint density at radius 2 is 1.76 bits per heavy atom. The van der Waals surface area contributed by atoms with Gasteiger partial charge < -0.3 is 20.1 Å². The number of carbonyl (C=O) groups excluding carboxylic acids is 2. The molecule has 1 aromatic carbocycles. The van der Waals surface area contributed by atoms with Crippen LogP contribution in [0.4, 0.5) is 5.82 Å². The van der Waals surface area contributed by atoms with Gasteiger partial charge in [0, 0.05) is 49.9 Å². The van der Waals surface area contributed by atoms with Gasteiger partial charge in [-0.15, -0.1) is 0 Å². The minimum absolute atomic E-state index is 0.0940. The Kier molecular flexibility index (Phi) is 6.52. The number of piperazine rings is 1. The molecule has 3 heterocycles. The first-order valence-electron chi connectivity index (χ1n) is 11.9. The average molecular weight is 481 g/mol. The van der Waals surface area contributed by atoms with Crippen LogP contribution in [0.1, 0.15) is 41.6 Å². The van der Waals surface area contributed by atoms with Crippen molar-refractivity contribution in [3.8, 4) is 0 Å². The van der Waals surface area contributed by atoms with Gasteiger partial charge in [0.25, 0.3) is 0 Å². The first-order chi connectivity index (χ1) is 16.5. The van der Waals surface area contributed by atoms with Crippen molar-refractivity contribution in [1.29, 1.82) is 0 Å². The summed E-state index contributed by atoms with van der Waals surface area (Å²) in [5, 5.41) is 4.61. The highest BCUT2D eigenvalue weighted by atomic mass is 35.5. The molecule has 1 aliphatic carbocycles. The zero-order valence-corrected chi connectivity index (χ0v) is 20.0. The summed E-state index contributed by atoms with van der Waals surface area (Å²) < 4.78 is 0. The van der Waals surface area contributed by atoms with E-state index in [4.69, 9.17) is 11.6 Å². The number of nitrogens with one attached hydrogen (secondary N) is 2. The largest absolute Gasteiger partial charge is 0.367 e. The smallest absolute Gasteiger partial charge is 0.225 e. The number of nitrogens with zero attached hydrogens (tertiary/aromatic N) is 4. The molecule has 2 aliphatic rings. The van der Waals surface area contributed by atoms with E-state index in [0.29, 0.717) is 38.9 Å². The van der Waals surface area contributed by atoms with Crippen LogP contribution in [0.5, 0.6) is 0 Å². The van der Waals surface area contributed by atoms with Crippen molar-refractivity contribution in [2.24, 2.45) is 5.92 Å². The normalized spacial score (nSPS) is 21.5. The van der Waals surface area contributed by atoms with Crippen molar-refractivity contribution in [3.63, 3.8) is 0 Å². The van der Waals surface area contributed by atoms with Crippen LogP contribution in [0.25, 0.3) is 11.0 Å². The van der Waals surface area contributed by atoms with Gasteiger partial charge in [0.15, 0.2) is 5.78 Å². The Morgan fingerprint density at radius 3 is 2.50 bits per heavy atom. The zero-order valence-electron chi connectivity index (χ0n) is 19.3. The summed E-state index contributed by atoms with van der Waals surface area (Å²) in [5.74, 6) is 0.859. The van der Waals surface area contributed by atoms with Crippen molar-refractivity contribution in [2.75, 3.05) is 38.5 Å². The summed E-state index contributed by atoms with van der Waals surface area (Å²) in [6.07, 6.45) is 6.64. The maximum absolute atomic E-state index is 13.2. The number of benzene rings is 1. The molecule has 0 unspecified atom stereocenters. The predicted molar refractivity (Wildman–Crippen MR) is 132 cm³/mol. The van der Waals surface area contributed by atoms with Crippen LogP contribution in [0.2, 0.25) is 5.02 Å². The van der Waals surface area contributed by atoms with Crippen LogP contribution in [-0.2, 0) is 4.79 Å². The molecule has 5 rings (SSSR count). The topological polar surface area (TPSA) is 94.2 Å². The minimum Gasteiger partial charge on any atom is -0.367 e. The van der Waals surface area contributed by atoms with E-state index >= 15 is 0 Å². The Balaban J connectivity index is 1.29. The third-order valence-electron chi connectivity index (χ3n) is 7.07. The monoisotopic (exact) mass is 480 g/mol. The third kappa shape index (κ3) is 4.52. The summed E-state index contributed by atoms with van der Waals surface area (Å²) >= 11 is 6.27. The van der Waals surface area contributed by atoms with Gasteiger partial charge in [-0.3, -0.25) is 9.59 Å². The number of aromatic nitrogens is 3. The lowest BCUT2D eigenvalue weighted by Gasteiger charge is -2.36. The molecule has 1 saturated heterocycles. The van der Waals surface area contributed by atoms with E-state index in [0.717, 1.165) is 51.9 Å². The Labute approximate surface area is 203 Å². The fraction of sp³-hybridized carbons (Fsp3) is 0.440. The van der Waals surface area contributed by atoms with Crippen molar-refractivity contribution in [2.45, 2.75) is 31.7 Å². The van der Waals surface area contributed by atoms with Crippen molar-refractivity contribution < 1.29 is 9.59 Å². The van der Waals surface area contributed by atoms with Crippen LogP contribution >= 0.6 is 11.6 Å². The molecule has 3 aromatic rings. The van der Waals surface area contributed by atoms with E-state index in [2.05, 4.69) is 32.2 Å². The zero-order chi connectivity index (χ0) is 23.7. The molecule has 178 valence electrons. The number of amides is 1. The lowest BCUT2D eigenvalue weighted by molar-refractivity contribution is -0.138. The van der Waals surface area contributed by atoms with E-state index < -0.39 is 0 Å². The lowest BCUT2D eigenvalue weighted by atomic mass is 9.85. The molecule has 9 heteroatoms. The van der Waals surface area contributed by atoms with Gasteiger partial charge in [-0.1, -0.05) is 23.7 Å². The van der Waals surface area contributed by atoms with Crippen molar-refractivity contribution in [1.82, 2.24) is 24.8 Å². The summed E-state index contributed by atoms with van der Waals surface area (Å²) in [6, 6.07) is 7.22. The number of hydrogen-bond donors (Lipinski definition) is 2. The van der Waals surface area contributed by atoms with Gasteiger partial charge in [-0.05, 0) is 44.9 Å². The van der Waals surface area contributed by atoms with Gasteiger partial charge in [-0.25, -0.2) is 9.97 Å². The number of H-pyrrole nitrogens is 1. The molecular formula is C25H29ClN6O2. The molecule has 1 saturated carbocycles. The lowest BCUT2D eigenvalue weighted by Crippen LogP contribution is -2.49. The molecule has 2 fully saturated rings. The first kappa shape index (κ1) is 22.8. The van der Waals surface area contributed by atoms with Crippen LogP contribution in [0.3, 0.4) is 0 Å². The number of rotatable bonds is 5. The van der Waals surface area contributed by atoms with Crippen LogP contribution < -0.4 is 5.32 Å². The van der Waals surface area contributed by atoms with Gasteiger partial charge in [-0.2, -0.15) is 0 Å². The minimum atomic E-state index is -0.170. The molecule has 2 N–H and O–H groups in total. The highest BCUT2D eigenvalue weighted by molar-refractivity contribution is 6.35. The number of aromatic amines is 1. The Bertz CT molecular complexity index is 1200. The molecule has 1 aliphatic heterocycles. The Morgan fingerprint density at radius 1 is 1.03 bits per heavy atom. The summed E-state index contributed by atoms with van der Waals surface area (Å²) in [6.45, 7) is 3.53. The summed E-state index contributed by atoms with van der Waals surface area (Å²) in [7, 11) is 2.10. The second-order valence-electron chi connectivity index (χ2n) is 9.28. The molecule has 1 amide bonds. The maximum Gasteiger partial charge on any atom is 0.225 e. The Hall–Kier alpha value is -2.97. The highest BCUT2D eigenvalue weighted by Gasteiger charge is 2.31. The van der Waals surface area contributed by atoms with E-state index in [9.17, 15) is 9.59 Å². The first-order valence-corrected chi connectivity index (χ1v) is 12.2. The number of carbonyl (C=O) groups is 2. The fourth-order valence-corrected chi connectivity index (χ4v) is 5.23. The van der Waals surface area contributed by atoms with Crippen LogP contribution in [0, 0.1) is 5.92 Å². The van der Waals surface area contributed by atoms with E-state index in [-0.39, 0.29) is 17.7 Å². The van der Waals surface area contributed by atoms with Gasteiger partial charge >= 0.3 is 0 Å². The second kappa shape index (κ2) is 9.72. The van der Waals surface area contributed by atoms with Crippen molar-refractivity contribution in [3.05, 3.63) is 52.9 Å². The summed E-state index contributed by atoms with van der Waals surface area (Å²) in [4.78, 5) is 42.3. The van der Waals surface area contributed by atoms with Gasteiger partial charge in [0.05, 0.1) is 16.0 Å². The van der Waals surface area contributed by atoms with Gasteiger partial charge in [0.2, 0.25) is 5.91 Å². The quantitative estimate of drug-likeness (QED) is 0.542. The molecule has 0 spiro atoms. The molecule has 34 heavy (non-hydrogen) atoms. The number of anilines is 1. The number of fused-ring (bicyclic) bond motifs is 1. The second-order valence-corrected chi connectivity index (χ2v) is 9.69. The molecule has 2 aromatic heterocycles. The van der Waals surface area contributed by atoms with E-state index in [1.807, 2.05) is 4.90 Å². The van der Waals surface area contributed by atoms with Gasteiger partial charge in [0.1, 0.15) is 17.8 Å². The van der Waals surface area contributed by atoms with Crippen LogP contribution in [0.15, 0.2) is 36.8 Å². The molecular weight excluding hydrogens is 452 g/mol. The van der Waals surface area contributed by atoms with E-state index in [1.54, 1.807) is 30.5 Å². The number of ketones is 1. The molecule has 0 bridgehead atoms. The highest BCUT2D eigenvalue weighted by Crippen LogP contribution is 2.32. The third-order valence-corrected chi connectivity index (χ3v) is 7.39. The predicted octanol–water partition coefficient (Wildman–Crippen LogP) is 3.59. The SMILES string of the molecule is CN1CCN(C(=O)[C@H]2CC[C@@H](Nc3ncnc4[nH]cc(C(=O)c5ccccc5Cl)c34)CC2)CC1. The number of halogens is 1. The van der Waals surface area contributed by atoms with E-state index in [1.165, 1.54) is 6.33 Å². The fourth-order valence-electron chi connectivity index (χ4n) is 5.00. The number of hydrogen-bond acceptors (Lipinski definition) is 6.